The molecule has 18 heavy (non-hydrogen) atoms. The maximum Gasteiger partial charge on any atom is 0.262 e. The van der Waals surface area contributed by atoms with E-state index < -0.39 is 0 Å². The maximum atomic E-state index is 11.7. The van der Waals surface area contributed by atoms with Crippen molar-refractivity contribution in [3.05, 3.63) is 47.0 Å². The molecule has 1 N–H and O–H groups in total. The monoisotopic (exact) mass is 262 g/mol. The van der Waals surface area contributed by atoms with Crippen molar-refractivity contribution in [2.24, 2.45) is 0 Å². The van der Waals surface area contributed by atoms with Gasteiger partial charge in [-0.2, -0.15) is 0 Å². The molecule has 1 heterocycles. The number of hydrogen-bond donors (Lipinski definition) is 1. The third-order valence-electron chi connectivity index (χ3n) is 2.53. The number of aromatic nitrogens is 1. The summed E-state index contributed by atoms with van der Waals surface area (Å²) in [6, 6.07) is 9.52. The first-order chi connectivity index (χ1) is 8.81. The molecule has 2 aromatic rings. The smallest absolute Gasteiger partial charge is 0.262 e. The Labute approximate surface area is 110 Å². The van der Waals surface area contributed by atoms with Crippen molar-refractivity contribution in [1.82, 2.24) is 9.69 Å². The molecular weight excluding hydrogens is 248 g/mol. The van der Waals surface area contributed by atoms with Crippen molar-refractivity contribution in [2.45, 2.75) is 6.42 Å². The quantitative estimate of drug-likeness (QED) is 0.898. The van der Waals surface area contributed by atoms with Crippen LogP contribution in [0.3, 0.4) is 0 Å². The average Bonchev–Trinajstić information content (AvgIpc) is 2.93. The predicted molar refractivity (Wildman–Crippen MR) is 71.1 cm³/mol. The lowest BCUT2D eigenvalue weighted by Crippen LogP contribution is -2.24. The molecule has 5 heteroatoms. The highest BCUT2D eigenvalue weighted by Crippen LogP contribution is 2.17. The van der Waals surface area contributed by atoms with E-state index in [-0.39, 0.29) is 5.91 Å². The fourth-order valence-corrected chi connectivity index (χ4v) is 2.15. The number of nitrogens with one attached hydrogen (secondary N) is 1. The van der Waals surface area contributed by atoms with Crippen molar-refractivity contribution in [1.29, 1.82) is 0 Å². The molecule has 0 radical (unpaired) electrons. The summed E-state index contributed by atoms with van der Waals surface area (Å²) in [5.41, 5.74) is 1.09. The van der Waals surface area contributed by atoms with E-state index in [2.05, 4.69) is 9.69 Å². The van der Waals surface area contributed by atoms with Gasteiger partial charge in [-0.25, -0.2) is 4.37 Å². The fourth-order valence-electron chi connectivity index (χ4n) is 1.64. The molecule has 1 amide bonds. The van der Waals surface area contributed by atoms with E-state index >= 15 is 0 Å². The van der Waals surface area contributed by atoms with Crippen LogP contribution >= 0.6 is 11.5 Å². The molecule has 0 bridgehead atoms. The van der Waals surface area contributed by atoms with Gasteiger partial charge in [0.15, 0.2) is 0 Å². The molecular formula is C13H14N2O2S. The zero-order valence-electron chi connectivity index (χ0n) is 10.1. The number of carbonyl (C=O) groups excluding carboxylic acids is 1. The minimum atomic E-state index is -0.0765. The van der Waals surface area contributed by atoms with Gasteiger partial charge in [-0.15, -0.1) is 0 Å². The van der Waals surface area contributed by atoms with E-state index in [1.807, 2.05) is 24.3 Å². The lowest BCUT2D eigenvalue weighted by molar-refractivity contribution is 0.0958. The first kappa shape index (κ1) is 12.6. The number of amides is 1. The Balaban J connectivity index is 1.87. The van der Waals surface area contributed by atoms with Gasteiger partial charge in [-0.05, 0) is 35.6 Å². The molecule has 1 aromatic heterocycles. The lowest BCUT2D eigenvalue weighted by atomic mass is 10.1. The molecule has 0 spiro atoms. The highest BCUT2D eigenvalue weighted by atomic mass is 32.1. The Morgan fingerprint density at radius 2 is 2.22 bits per heavy atom. The molecule has 0 saturated heterocycles. The summed E-state index contributed by atoms with van der Waals surface area (Å²) in [5, 5.41) is 2.86. The summed E-state index contributed by atoms with van der Waals surface area (Å²) in [5.74, 6) is 0.775. The second kappa shape index (κ2) is 6.16. The molecule has 0 saturated carbocycles. The first-order valence-electron chi connectivity index (χ1n) is 5.62. The van der Waals surface area contributed by atoms with E-state index in [0.717, 1.165) is 17.7 Å². The Kier molecular flexibility index (Phi) is 4.30. The molecule has 2 rings (SSSR count). The summed E-state index contributed by atoms with van der Waals surface area (Å²) in [4.78, 5) is 12.3. The van der Waals surface area contributed by atoms with Gasteiger partial charge in [0.25, 0.3) is 5.91 Å². The highest BCUT2D eigenvalue weighted by molar-refractivity contribution is 7.08. The van der Waals surface area contributed by atoms with Gasteiger partial charge in [0.1, 0.15) is 10.6 Å². The normalized spacial score (nSPS) is 10.1. The van der Waals surface area contributed by atoms with Crippen LogP contribution in [0.2, 0.25) is 0 Å². The first-order valence-corrected chi connectivity index (χ1v) is 6.39. The van der Waals surface area contributed by atoms with Gasteiger partial charge in [0, 0.05) is 12.7 Å². The van der Waals surface area contributed by atoms with Crippen LogP contribution < -0.4 is 10.1 Å². The minimum absolute atomic E-state index is 0.0765. The number of methoxy groups -OCH3 is 1. The van der Waals surface area contributed by atoms with E-state index in [0.29, 0.717) is 11.4 Å². The van der Waals surface area contributed by atoms with Crippen LogP contribution in [-0.4, -0.2) is 23.9 Å². The Hall–Kier alpha value is -1.88. The molecule has 0 atom stereocenters. The van der Waals surface area contributed by atoms with E-state index in [9.17, 15) is 4.79 Å². The van der Waals surface area contributed by atoms with E-state index in [4.69, 9.17) is 4.74 Å². The van der Waals surface area contributed by atoms with Crippen molar-refractivity contribution in [3.8, 4) is 5.75 Å². The largest absolute Gasteiger partial charge is 0.496 e. The standard InChI is InChI=1S/C13H14N2O2S/c1-17-11-5-3-2-4-10(11)6-8-14-13(16)12-7-9-15-18-12/h2-5,7,9H,6,8H2,1H3,(H,14,16). The maximum absolute atomic E-state index is 11.7. The molecule has 0 aliphatic rings. The summed E-state index contributed by atoms with van der Waals surface area (Å²) in [6.45, 7) is 0.580. The van der Waals surface area contributed by atoms with Crippen LogP contribution in [0, 0.1) is 0 Å². The highest BCUT2D eigenvalue weighted by Gasteiger charge is 2.07. The SMILES string of the molecule is COc1ccccc1CCNC(=O)c1ccns1. The van der Waals surface area contributed by atoms with Crippen molar-refractivity contribution in [2.75, 3.05) is 13.7 Å². The van der Waals surface area contributed by atoms with Crippen molar-refractivity contribution >= 4 is 17.4 Å². The third kappa shape index (κ3) is 3.07. The summed E-state index contributed by atoms with van der Waals surface area (Å²) < 4.78 is 9.15. The van der Waals surface area contributed by atoms with Crippen LogP contribution in [-0.2, 0) is 6.42 Å². The van der Waals surface area contributed by atoms with Crippen molar-refractivity contribution in [3.63, 3.8) is 0 Å². The summed E-state index contributed by atoms with van der Waals surface area (Å²) >= 11 is 1.20. The van der Waals surface area contributed by atoms with Crippen LogP contribution in [0.5, 0.6) is 5.75 Å². The summed E-state index contributed by atoms with van der Waals surface area (Å²) in [6.07, 6.45) is 2.37. The fraction of sp³-hybridized carbons (Fsp3) is 0.231. The van der Waals surface area contributed by atoms with Gasteiger partial charge in [0.2, 0.25) is 0 Å². The summed E-state index contributed by atoms with van der Waals surface area (Å²) in [7, 11) is 1.65. The topological polar surface area (TPSA) is 51.2 Å². The Morgan fingerprint density at radius 1 is 1.39 bits per heavy atom. The van der Waals surface area contributed by atoms with E-state index in [1.165, 1.54) is 11.5 Å². The van der Waals surface area contributed by atoms with Gasteiger partial charge in [-0.1, -0.05) is 18.2 Å². The van der Waals surface area contributed by atoms with Crippen LogP contribution in [0.25, 0.3) is 0 Å². The minimum Gasteiger partial charge on any atom is -0.496 e. The number of ether oxygens (including phenoxy) is 1. The van der Waals surface area contributed by atoms with Crippen LogP contribution in [0.4, 0.5) is 0 Å². The zero-order valence-corrected chi connectivity index (χ0v) is 10.9. The predicted octanol–water partition coefficient (Wildman–Crippen LogP) is 2.12. The number of carbonyl (C=O) groups is 1. The Morgan fingerprint density at radius 3 is 2.94 bits per heavy atom. The van der Waals surface area contributed by atoms with Gasteiger partial charge in [-0.3, -0.25) is 4.79 Å². The number of rotatable bonds is 5. The number of nitrogens with zero attached hydrogens (tertiary/aromatic N) is 1. The molecule has 0 aliphatic heterocycles. The number of para-hydroxylation sites is 1. The zero-order chi connectivity index (χ0) is 12.8. The molecule has 0 fully saturated rings. The third-order valence-corrected chi connectivity index (χ3v) is 3.28. The molecule has 1 aromatic carbocycles. The molecule has 0 aliphatic carbocycles. The van der Waals surface area contributed by atoms with Crippen LogP contribution in [0.15, 0.2) is 36.5 Å². The number of hydrogen-bond acceptors (Lipinski definition) is 4. The molecule has 0 unspecified atom stereocenters. The molecule has 94 valence electrons. The van der Waals surface area contributed by atoms with Crippen molar-refractivity contribution < 1.29 is 9.53 Å². The van der Waals surface area contributed by atoms with Gasteiger partial charge in [0.05, 0.1) is 7.11 Å². The van der Waals surface area contributed by atoms with Gasteiger partial charge < -0.3 is 10.1 Å². The van der Waals surface area contributed by atoms with Gasteiger partial charge >= 0.3 is 0 Å². The van der Waals surface area contributed by atoms with Crippen LogP contribution in [0.1, 0.15) is 15.2 Å². The second-order valence-electron chi connectivity index (χ2n) is 3.69. The Bertz CT molecular complexity index is 511. The lowest BCUT2D eigenvalue weighted by Gasteiger charge is -2.08. The molecule has 4 nitrogen and oxygen atoms in total. The van der Waals surface area contributed by atoms with E-state index in [1.54, 1.807) is 19.4 Å². The second-order valence-corrected chi connectivity index (χ2v) is 4.53. The average molecular weight is 262 g/mol. The number of benzene rings is 1.